The van der Waals surface area contributed by atoms with Gasteiger partial charge in [-0.3, -0.25) is 4.57 Å². The molecule has 11 heteroatoms. The van der Waals surface area contributed by atoms with Crippen molar-refractivity contribution < 1.29 is 26.3 Å². The summed E-state index contributed by atoms with van der Waals surface area (Å²) in [6.07, 6.45) is -5.04. The van der Waals surface area contributed by atoms with E-state index < -0.39 is 23.5 Å². The first kappa shape index (κ1) is 21.3. The number of hydrogen-bond donors (Lipinski definition) is 1. The Morgan fingerprint density at radius 2 is 1.38 bits per heavy atom. The van der Waals surface area contributed by atoms with E-state index >= 15 is 0 Å². The fraction of sp³-hybridized carbons (Fsp3) is 0.0952. The number of aromatic nitrogens is 4. The van der Waals surface area contributed by atoms with E-state index in [9.17, 15) is 26.3 Å². The second-order valence-electron chi connectivity index (χ2n) is 6.81. The van der Waals surface area contributed by atoms with Crippen molar-refractivity contribution in [3.63, 3.8) is 0 Å². The van der Waals surface area contributed by atoms with Crippen molar-refractivity contribution in [2.24, 2.45) is 0 Å². The van der Waals surface area contributed by atoms with Crippen LogP contribution in [0.25, 0.3) is 28.3 Å². The zero-order valence-electron chi connectivity index (χ0n) is 16.0. The molecular weight excluding hydrogens is 436 g/mol. The fourth-order valence-corrected chi connectivity index (χ4v) is 2.94. The average Bonchev–Trinajstić information content (AvgIpc) is 3.23. The number of alkyl halides is 6. The maximum Gasteiger partial charge on any atom is 0.416 e. The number of pyridine rings is 2. The van der Waals surface area contributed by atoms with Crippen molar-refractivity contribution >= 4 is 5.82 Å². The van der Waals surface area contributed by atoms with Gasteiger partial charge >= 0.3 is 12.4 Å². The molecule has 0 spiro atoms. The predicted octanol–water partition coefficient (Wildman–Crippen LogP) is 5.62. The Bertz CT molecular complexity index is 1240. The van der Waals surface area contributed by atoms with Crippen LogP contribution in [-0.4, -0.2) is 19.5 Å². The lowest BCUT2D eigenvalue weighted by molar-refractivity contribution is -0.138. The van der Waals surface area contributed by atoms with E-state index in [1.807, 2.05) is 0 Å². The molecule has 3 heterocycles. The van der Waals surface area contributed by atoms with E-state index in [1.165, 1.54) is 23.3 Å². The minimum absolute atomic E-state index is 0.100. The summed E-state index contributed by atoms with van der Waals surface area (Å²) in [6, 6.07) is 8.57. The van der Waals surface area contributed by atoms with Crippen LogP contribution in [0.15, 0.2) is 67.3 Å². The van der Waals surface area contributed by atoms with Gasteiger partial charge in [0.2, 0.25) is 0 Å². The number of imidazole rings is 1. The molecular formula is C21H13F6N5. The predicted molar refractivity (Wildman–Crippen MR) is 104 cm³/mol. The Morgan fingerprint density at radius 1 is 0.719 bits per heavy atom. The second kappa shape index (κ2) is 7.66. The van der Waals surface area contributed by atoms with Gasteiger partial charge in [0.1, 0.15) is 18.0 Å². The van der Waals surface area contributed by atoms with Gasteiger partial charge in [-0.05, 0) is 36.4 Å². The normalized spacial score (nSPS) is 12.2. The molecule has 1 aromatic carbocycles. The standard InChI is InChI=1S/C21H13F6N5/c22-20(23,24)14-4-1-12(2-5-14)16-7-15(21(25,26)27)8-19(31-16)32-10-17(30-11-32)13-3-6-18(28)29-9-13/h1-11H,(H2,28,29). The highest BCUT2D eigenvalue weighted by Gasteiger charge is 2.33. The number of nitrogens with two attached hydrogens (primary N) is 1. The summed E-state index contributed by atoms with van der Waals surface area (Å²) < 4.78 is 80.2. The number of nitrogens with zero attached hydrogens (tertiary/aromatic N) is 4. The molecule has 0 saturated carbocycles. The first-order valence-corrected chi connectivity index (χ1v) is 9.04. The van der Waals surface area contributed by atoms with E-state index in [0.717, 1.165) is 36.4 Å². The highest BCUT2D eigenvalue weighted by atomic mass is 19.4. The second-order valence-corrected chi connectivity index (χ2v) is 6.81. The van der Waals surface area contributed by atoms with Crippen molar-refractivity contribution in [3.05, 3.63) is 78.4 Å². The largest absolute Gasteiger partial charge is 0.416 e. The summed E-state index contributed by atoms with van der Waals surface area (Å²) >= 11 is 0. The Morgan fingerprint density at radius 3 is 1.97 bits per heavy atom. The Labute approximate surface area is 177 Å². The SMILES string of the molecule is Nc1ccc(-c2cn(-c3cc(C(F)(F)F)cc(-c4ccc(C(F)(F)F)cc4)n3)cn2)cn1. The van der Waals surface area contributed by atoms with Gasteiger partial charge in [-0.25, -0.2) is 15.0 Å². The molecule has 3 aromatic heterocycles. The third kappa shape index (κ3) is 4.41. The highest BCUT2D eigenvalue weighted by Crippen LogP contribution is 2.35. The monoisotopic (exact) mass is 449 g/mol. The molecule has 0 radical (unpaired) electrons. The van der Waals surface area contributed by atoms with E-state index in [2.05, 4.69) is 15.0 Å². The molecule has 0 aliphatic heterocycles. The molecule has 0 fully saturated rings. The molecule has 4 aromatic rings. The van der Waals surface area contributed by atoms with Gasteiger partial charge in [0, 0.05) is 23.5 Å². The number of benzene rings is 1. The summed E-state index contributed by atoms with van der Waals surface area (Å²) in [7, 11) is 0. The first-order chi connectivity index (χ1) is 15.0. The highest BCUT2D eigenvalue weighted by molar-refractivity contribution is 5.63. The lowest BCUT2D eigenvalue weighted by Crippen LogP contribution is -2.08. The summed E-state index contributed by atoms with van der Waals surface area (Å²) in [5, 5.41) is 0. The fourth-order valence-electron chi connectivity index (χ4n) is 2.94. The summed E-state index contributed by atoms with van der Waals surface area (Å²) in [4.78, 5) is 12.3. The Hall–Kier alpha value is -3.89. The molecule has 164 valence electrons. The average molecular weight is 449 g/mol. The summed E-state index contributed by atoms with van der Waals surface area (Å²) in [6.45, 7) is 0. The number of nitrogen functional groups attached to an aromatic ring is 1. The molecule has 0 saturated heterocycles. The van der Waals surface area contributed by atoms with Crippen molar-refractivity contribution in [1.29, 1.82) is 0 Å². The molecule has 32 heavy (non-hydrogen) atoms. The van der Waals surface area contributed by atoms with E-state index in [0.29, 0.717) is 17.1 Å². The number of anilines is 1. The van der Waals surface area contributed by atoms with Crippen LogP contribution in [0.4, 0.5) is 32.2 Å². The molecule has 0 atom stereocenters. The number of halogens is 6. The molecule has 2 N–H and O–H groups in total. The van der Waals surface area contributed by atoms with Crippen LogP contribution in [0.1, 0.15) is 11.1 Å². The van der Waals surface area contributed by atoms with E-state index in [4.69, 9.17) is 5.73 Å². The van der Waals surface area contributed by atoms with Crippen LogP contribution < -0.4 is 5.73 Å². The van der Waals surface area contributed by atoms with Gasteiger partial charge in [0.05, 0.1) is 22.5 Å². The van der Waals surface area contributed by atoms with Crippen LogP contribution in [-0.2, 0) is 12.4 Å². The van der Waals surface area contributed by atoms with Crippen LogP contribution in [0.2, 0.25) is 0 Å². The molecule has 0 unspecified atom stereocenters. The van der Waals surface area contributed by atoms with Gasteiger partial charge in [0.25, 0.3) is 0 Å². The maximum atomic E-state index is 13.5. The van der Waals surface area contributed by atoms with Crippen molar-refractivity contribution in [1.82, 2.24) is 19.5 Å². The van der Waals surface area contributed by atoms with Gasteiger partial charge < -0.3 is 5.73 Å². The van der Waals surface area contributed by atoms with Gasteiger partial charge in [-0.15, -0.1) is 0 Å². The minimum Gasteiger partial charge on any atom is -0.384 e. The summed E-state index contributed by atoms with van der Waals surface area (Å²) in [5.74, 6) is 0.200. The number of rotatable bonds is 3. The molecule has 0 amide bonds. The van der Waals surface area contributed by atoms with Crippen molar-refractivity contribution in [2.45, 2.75) is 12.4 Å². The maximum absolute atomic E-state index is 13.5. The van der Waals surface area contributed by atoms with Gasteiger partial charge in [-0.2, -0.15) is 26.3 Å². The van der Waals surface area contributed by atoms with Crippen molar-refractivity contribution in [3.8, 4) is 28.3 Å². The number of hydrogen-bond acceptors (Lipinski definition) is 4. The van der Waals surface area contributed by atoms with Crippen LogP contribution in [0.3, 0.4) is 0 Å². The molecule has 5 nitrogen and oxygen atoms in total. The molecule has 4 rings (SSSR count). The zero-order chi connectivity index (χ0) is 23.1. The van der Waals surface area contributed by atoms with E-state index in [-0.39, 0.29) is 17.1 Å². The Kier molecular flexibility index (Phi) is 5.11. The lowest BCUT2D eigenvalue weighted by Gasteiger charge is -2.13. The van der Waals surface area contributed by atoms with Crippen LogP contribution in [0.5, 0.6) is 0 Å². The van der Waals surface area contributed by atoms with Crippen molar-refractivity contribution in [2.75, 3.05) is 5.73 Å². The molecule has 0 bridgehead atoms. The zero-order valence-corrected chi connectivity index (χ0v) is 16.0. The minimum atomic E-state index is -4.69. The van der Waals surface area contributed by atoms with E-state index in [1.54, 1.807) is 12.1 Å². The third-order valence-corrected chi connectivity index (χ3v) is 4.58. The smallest absolute Gasteiger partial charge is 0.384 e. The quantitative estimate of drug-likeness (QED) is 0.413. The summed E-state index contributed by atoms with van der Waals surface area (Å²) in [5.41, 5.74) is 4.63. The van der Waals surface area contributed by atoms with Gasteiger partial charge in [-0.1, -0.05) is 12.1 Å². The topological polar surface area (TPSA) is 69.6 Å². The molecule has 0 aliphatic rings. The first-order valence-electron chi connectivity index (χ1n) is 9.04. The lowest BCUT2D eigenvalue weighted by atomic mass is 10.1. The Balaban J connectivity index is 1.77. The van der Waals surface area contributed by atoms with Crippen LogP contribution >= 0.6 is 0 Å². The van der Waals surface area contributed by atoms with Gasteiger partial charge in [0.15, 0.2) is 0 Å². The molecule has 0 aliphatic carbocycles. The van der Waals surface area contributed by atoms with Crippen LogP contribution in [0, 0.1) is 0 Å². The third-order valence-electron chi connectivity index (χ3n) is 4.58.